The molecule has 0 saturated carbocycles. The number of carbonyl (C=O) groups is 2. The van der Waals surface area contributed by atoms with Crippen molar-refractivity contribution < 1.29 is 14.5 Å². The van der Waals surface area contributed by atoms with Gasteiger partial charge < -0.3 is 14.7 Å². The minimum atomic E-state index is -0.460. The summed E-state index contributed by atoms with van der Waals surface area (Å²) in [6, 6.07) is 14.6. The molecule has 2 amide bonds. The monoisotopic (exact) mass is 462 g/mol. The Morgan fingerprint density at radius 3 is 2.41 bits per heavy atom. The van der Waals surface area contributed by atoms with Crippen LogP contribution in [0.15, 0.2) is 54.6 Å². The minimum absolute atomic E-state index is 0.0388. The molecule has 2 aromatic carbocycles. The average molecular weight is 463 g/mol. The number of hydrogen-bond donors (Lipinski definition) is 0. The van der Waals surface area contributed by atoms with E-state index in [9.17, 15) is 19.7 Å². The average Bonchev–Trinajstić information content (AvgIpc) is 2.87. The third-order valence-corrected chi connectivity index (χ3v) is 6.67. The maximum atomic E-state index is 13.2. The van der Waals surface area contributed by atoms with E-state index in [0.717, 1.165) is 25.9 Å². The van der Waals surface area contributed by atoms with Gasteiger partial charge in [0.05, 0.1) is 16.4 Å². The van der Waals surface area contributed by atoms with E-state index in [2.05, 4.69) is 24.0 Å². The summed E-state index contributed by atoms with van der Waals surface area (Å²) in [4.78, 5) is 42.6. The Kier molecular flexibility index (Phi) is 7.25. The molecule has 0 bridgehead atoms. The highest BCUT2D eigenvalue weighted by atomic mass is 16.6. The number of likely N-dealkylation sites (tertiary alicyclic amines) is 1. The molecule has 2 saturated heterocycles. The number of aryl methyl sites for hydroxylation is 1. The lowest BCUT2D eigenvalue weighted by atomic mass is 9.96. The predicted molar refractivity (Wildman–Crippen MR) is 131 cm³/mol. The number of piperazine rings is 1. The molecule has 8 nitrogen and oxygen atoms in total. The topological polar surface area (TPSA) is 87.0 Å². The third-order valence-electron chi connectivity index (χ3n) is 6.67. The largest absolute Gasteiger partial charge is 0.368 e. The fraction of sp³-hybridized carbons (Fsp3) is 0.385. The molecule has 2 aliphatic rings. The van der Waals surface area contributed by atoms with Crippen LogP contribution in [-0.2, 0) is 9.59 Å². The zero-order valence-corrected chi connectivity index (χ0v) is 19.4. The van der Waals surface area contributed by atoms with Gasteiger partial charge in [-0.1, -0.05) is 30.3 Å². The lowest BCUT2D eigenvalue weighted by Gasteiger charge is -2.40. The molecule has 2 fully saturated rings. The number of piperidine rings is 1. The summed E-state index contributed by atoms with van der Waals surface area (Å²) in [5.41, 5.74) is 2.80. The lowest BCUT2D eigenvalue weighted by Crippen LogP contribution is -2.53. The molecule has 4 rings (SSSR count). The van der Waals surface area contributed by atoms with Crippen LogP contribution in [0.25, 0.3) is 6.08 Å². The van der Waals surface area contributed by atoms with Crippen LogP contribution in [0.1, 0.15) is 24.0 Å². The Morgan fingerprint density at radius 1 is 0.971 bits per heavy atom. The fourth-order valence-electron chi connectivity index (χ4n) is 4.78. The molecule has 2 aromatic rings. The van der Waals surface area contributed by atoms with E-state index in [1.807, 2.05) is 17.0 Å². The highest BCUT2D eigenvalue weighted by Crippen LogP contribution is 2.24. The van der Waals surface area contributed by atoms with Crippen LogP contribution in [0.5, 0.6) is 0 Å². The smallest absolute Gasteiger partial charge is 0.276 e. The van der Waals surface area contributed by atoms with Crippen LogP contribution in [0.4, 0.5) is 11.4 Å². The normalized spacial score (nSPS) is 18.9. The summed E-state index contributed by atoms with van der Waals surface area (Å²) in [6.45, 7) is 6.02. The highest BCUT2D eigenvalue weighted by molar-refractivity contribution is 5.93. The number of nitro benzene ring substituents is 1. The zero-order chi connectivity index (χ0) is 24.1. The van der Waals surface area contributed by atoms with Crippen LogP contribution in [0.3, 0.4) is 0 Å². The van der Waals surface area contributed by atoms with Crippen molar-refractivity contribution in [3.8, 4) is 0 Å². The Hall–Kier alpha value is -3.68. The van der Waals surface area contributed by atoms with Crippen molar-refractivity contribution in [2.75, 3.05) is 44.2 Å². The van der Waals surface area contributed by atoms with Crippen molar-refractivity contribution in [3.63, 3.8) is 0 Å². The van der Waals surface area contributed by atoms with E-state index in [1.54, 1.807) is 23.1 Å². The van der Waals surface area contributed by atoms with Gasteiger partial charge in [-0.15, -0.1) is 0 Å². The summed E-state index contributed by atoms with van der Waals surface area (Å²) in [5.74, 6) is -0.313. The molecule has 0 aliphatic carbocycles. The van der Waals surface area contributed by atoms with Crippen LogP contribution >= 0.6 is 0 Å². The minimum Gasteiger partial charge on any atom is -0.368 e. The van der Waals surface area contributed by atoms with Crippen molar-refractivity contribution in [2.24, 2.45) is 5.92 Å². The number of hydrogen-bond acceptors (Lipinski definition) is 5. The highest BCUT2D eigenvalue weighted by Gasteiger charge is 2.32. The summed E-state index contributed by atoms with van der Waals surface area (Å²) < 4.78 is 0. The van der Waals surface area contributed by atoms with E-state index >= 15 is 0 Å². The second-order valence-corrected chi connectivity index (χ2v) is 8.87. The molecular weight excluding hydrogens is 432 g/mol. The molecular formula is C26H30N4O4. The van der Waals surface area contributed by atoms with Crippen molar-refractivity contribution in [3.05, 3.63) is 75.8 Å². The standard InChI is InChI=1S/C26H30N4O4/c1-20-7-2-4-10-23(20)27-15-17-28(18-16-27)26(32)22-9-6-14-29(19-22)25(31)13-12-21-8-3-5-11-24(21)30(33)34/h2-5,7-8,10-13,22H,6,9,14-19H2,1H3/b13-12+. The van der Waals surface area contributed by atoms with Gasteiger partial charge in [0, 0.05) is 57.1 Å². The second kappa shape index (κ2) is 10.5. The first kappa shape index (κ1) is 23.5. The summed E-state index contributed by atoms with van der Waals surface area (Å²) >= 11 is 0. The number of benzene rings is 2. The number of amides is 2. The molecule has 34 heavy (non-hydrogen) atoms. The van der Waals surface area contributed by atoms with Crippen LogP contribution in [0.2, 0.25) is 0 Å². The van der Waals surface area contributed by atoms with Gasteiger partial charge in [-0.2, -0.15) is 0 Å². The van der Waals surface area contributed by atoms with Gasteiger partial charge in [0.25, 0.3) is 5.69 Å². The number of nitro groups is 1. The first-order valence-electron chi connectivity index (χ1n) is 11.7. The number of rotatable bonds is 5. The Labute approximate surface area is 199 Å². The fourth-order valence-corrected chi connectivity index (χ4v) is 4.78. The second-order valence-electron chi connectivity index (χ2n) is 8.87. The quantitative estimate of drug-likeness (QED) is 0.386. The van der Waals surface area contributed by atoms with Gasteiger partial charge in [0.15, 0.2) is 0 Å². The molecule has 0 N–H and O–H groups in total. The summed E-state index contributed by atoms with van der Waals surface area (Å²) in [7, 11) is 0. The van der Waals surface area contributed by atoms with E-state index in [0.29, 0.717) is 31.7 Å². The van der Waals surface area contributed by atoms with Crippen LogP contribution < -0.4 is 4.90 Å². The van der Waals surface area contributed by atoms with Gasteiger partial charge in [-0.05, 0) is 43.5 Å². The number of nitrogens with zero attached hydrogens (tertiary/aromatic N) is 4. The molecule has 1 unspecified atom stereocenters. The van der Waals surface area contributed by atoms with Crippen LogP contribution in [0, 0.1) is 23.0 Å². The lowest BCUT2D eigenvalue weighted by molar-refractivity contribution is -0.385. The molecule has 2 heterocycles. The summed E-state index contributed by atoms with van der Waals surface area (Å²) in [5, 5.41) is 11.2. The van der Waals surface area contributed by atoms with E-state index < -0.39 is 4.92 Å². The maximum Gasteiger partial charge on any atom is 0.276 e. The zero-order valence-electron chi connectivity index (χ0n) is 19.4. The predicted octanol–water partition coefficient (Wildman–Crippen LogP) is 3.50. The van der Waals surface area contributed by atoms with Crippen molar-refractivity contribution in [1.29, 1.82) is 0 Å². The number of para-hydroxylation sites is 2. The first-order valence-corrected chi connectivity index (χ1v) is 11.7. The van der Waals surface area contributed by atoms with E-state index in [1.165, 1.54) is 29.5 Å². The molecule has 2 aliphatic heterocycles. The van der Waals surface area contributed by atoms with Crippen molar-refractivity contribution in [1.82, 2.24) is 9.80 Å². The molecule has 178 valence electrons. The Morgan fingerprint density at radius 2 is 1.68 bits per heavy atom. The maximum absolute atomic E-state index is 13.2. The van der Waals surface area contributed by atoms with E-state index in [4.69, 9.17) is 0 Å². The van der Waals surface area contributed by atoms with Gasteiger partial charge in [0.1, 0.15) is 0 Å². The van der Waals surface area contributed by atoms with Gasteiger partial charge in [0.2, 0.25) is 11.8 Å². The Balaban J connectivity index is 1.34. The van der Waals surface area contributed by atoms with Gasteiger partial charge >= 0.3 is 0 Å². The molecule has 1 atom stereocenters. The third kappa shape index (κ3) is 5.27. The Bertz CT molecular complexity index is 1090. The first-order chi connectivity index (χ1) is 16.4. The van der Waals surface area contributed by atoms with Crippen molar-refractivity contribution in [2.45, 2.75) is 19.8 Å². The SMILES string of the molecule is Cc1ccccc1N1CCN(C(=O)C2CCCN(C(=O)/C=C/c3ccccc3[N+](=O)[O-])C2)CC1. The molecule has 0 radical (unpaired) electrons. The van der Waals surface area contributed by atoms with E-state index in [-0.39, 0.29) is 23.4 Å². The summed E-state index contributed by atoms with van der Waals surface area (Å²) in [6.07, 6.45) is 4.39. The molecule has 0 aromatic heterocycles. The van der Waals surface area contributed by atoms with Crippen molar-refractivity contribution >= 4 is 29.3 Å². The number of anilines is 1. The number of carbonyl (C=O) groups excluding carboxylic acids is 2. The van der Waals surface area contributed by atoms with Gasteiger partial charge in [-0.3, -0.25) is 19.7 Å². The van der Waals surface area contributed by atoms with Crippen LogP contribution in [-0.4, -0.2) is 65.8 Å². The van der Waals surface area contributed by atoms with Gasteiger partial charge in [-0.25, -0.2) is 0 Å². The molecule has 0 spiro atoms. The molecule has 8 heteroatoms.